The van der Waals surface area contributed by atoms with E-state index in [-0.39, 0.29) is 0 Å². The van der Waals surface area contributed by atoms with Gasteiger partial charge in [0.15, 0.2) is 0 Å². The molecule has 1 saturated carbocycles. The Bertz CT molecular complexity index is 623. The van der Waals surface area contributed by atoms with Crippen molar-refractivity contribution in [1.29, 1.82) is 0 Å². The second-order valence-electron chi connectivity index (χ2n) is 10.1. The van der Waals surface area contributed by atoms with E-state index >= 15 is 0 Å². The Morgan fingerprint density at radius 1 is 0.767 bits per heavy atom. The summed E-state index contributed by atoms with van der Waals surface area (Å²) in [5.74, 6) is 2.93. The van der Waals surface area contributed by atoms with Crippen molar-refractivity contribution in [3.05, 3.63) is 40.9 Å². The zero-order valence-corrected chi connectivity index (χ0v) is 20.3. The maximum absolute atomic E-state index is 6.41. The number of rotatable bonds is 12. The highest BCUT2D eigenvalue weighted by Crippen LogP contribution is 2.42. The van der Waals surface area contributed by atoms with E-state index in [4.69, 9.17) is 11.6 Å². The van der Waals surface area contributed by atoms with Crippen LogP contribution in [0, 0.1) is 17.8 Å². The minimum absolute atomic E-state index is 0.916. The Kier molecular flexibility index (Phi) is 10.8. The molecule has 1 atom stereocenters. The zero-order chi connectivity index (χ0) is 21.0. The van der Waals surface area contributed by atoms with Gasteiger partial charge in [-0.2, -0.15) is 0 Å². The first-order valence-electron chi connectivity index (χ1n) is 13.2. The first-order chi connectivity index (χ1) is 14.8. The predicted molar refractivity (Wildman–Crippen MR) is 134 cm³/mol. The van der Waals surface area contributed by atoms with Crippen LogP contribution in [-0.4, -0.2) is 0 Å². The van der Waals surface area contributed by atoms with Crippen LogP contribution in [0.3, 0.4) is 0 Å². The van der Waals surface area contributed by atoms with Gasteiger partial charge in [-0.25, -0.2) is 0 Å². The number of hydrogen-bond donors (Lipinski definition) is 0. The monoisotopic (exact) mass is 428 g/mol. The number of hydrogen-bond acceptors (Lipinski definition) is 0. The molecule has 0 radical (unpaired) electrons. The van der Waals surface area contributed by atoms with Crippen molar-refractivity contribution in [2.24, 2.45) is 17.8 Å². The lowest BCUT2D eigenvalue weighted by Gasteiger charge is -2.35. The molecule has 0 aliphatic heterocycles. The summed E-state index contributed by atoms with van der Waals surface area (Å²) in [6.07, 6.45) is 26.9. The lowest BCUT2D eigenvalue weighted by Crippen LogP contribution is -2.23. The largest absolute Gasteiger partial charge is 0.0837 e. The van der Waals surface area contributed by atoms with Crippen LogP contribution in [0.4, 0.5) is 0 Å². The summed E-state index contributed by atoms with van der Waals surface area (Å²) in [6.45, 7) is 2.30. The third-order valence-electron chi connectivity index (χ3n) is 7.95. The molecule has 0 spiro atoms. The van der Waals surface area contributed by atoms with Crippen molar-refractivity contribution in [2.45, 2.75) is 116 Å². The fourth-order valence-corrected chi connectivity index (χ4v) is 6.20. The summed E-state index contributed by atoms with van der Waals surface area (Å²) >= 11 is 6.41. The summed E-state index contributed by atoms with van der Waals surface area (Å²) in [5.41, 5.74) is 2.75. The van der Waals surface area contributed by atoms with Crippen LogP contribution in [0.2, 0.25) is 5.02 Å². The third-order valence-corrected chi connectivity index (χ3v) is 8.27. The standard InChI is InChI=1S/C29H45Cl/c1-2-3-4-5-6-7-8-9-10-13-24-16-18-25(19-17-24)26-20-22-27(23-21-26)28-14-11-12-15-29(28)30/h11-12,14-15,22,24-26H,2-10,13,16-21,23H2,1H3. The Labute approximate surface area is 191 Å². The van der Waals surface area contributed by atoms with E-state index in [2.05, 4.69) is 25.1 Å². The van der Waals surface area contributed by atoms with E-state index in [0.29, 0.717) is 0 Å². The molecule has 2 aliphatic carbocycles. The highest BCUT2D eigenvalue weighted by Gasteiger charge is 2.28. The quantitative estimate of drug-likeness (QED) is 0.290. The zero-order valence-electron chi connectivity index (χ0n) is 19.5. The van der Waals surface area contributed by atoms with Crippen molar-refractivity contribution < 1.29 is 0 Å². The minimum atomic E-state index is 0.916. The van der Waals surface area contributed by atoms with Crippen LogP contribution < -0.4 is 0 Å². The van der Waals surface area contributed by atoms with Gasteiger partial charge in [0.25, 0.3) is 0 Å². The molecule has 0 nitrogen and oxygen atoms in total. The fraction of sp³-hybridized carbons (Fsp3) is 0.724. The van der Waals surface area contributed by atoms with Gasteiger partial charge in [0.1, 0.15) is 0 Å². The van der Waals surface area contributed by atoms with E-state index in [1.807, 2.05) is 12.1 Å². The second-order valence-corrected chi connectivity index (χ2v) is 10.5. The summed E-state index contributed by atoms with van der Waals surface area (Å²) in [5, 5.41) is 0.916. The Morgan fingerprint density at radius 2 is 1.43 bits per heavy atom. The Morgan fingerprint density at radius 3 is 2.07 bits per heavy atom. The number of benzene rings is 1. The van der Waals surface area contributed by atoms with Gasteiger partial charge in [0.05, 0.1) is 0 Å². The molecule has 1 fully saturated rings. The van der Waals surface area contributed by atoms with E-state index < -0.39 is 0 Å². The van der Waals surface area contributed by atoms with Crippen LogP contribution in [-0.2, 0) is 0 Å². The van der Waals surface area contributed by atoms with Gasteiger partial charge in [0, 0.05) is 5.02 Å². The molecule has 1 aromatic rings. The first kappa shape index (κ1) is 23.9. The molecule has 3 rings (SSSR count). The third kappa shape index (κ3) is 7.74. The van der Waals surface area contributed by atoms with E-state index in [0.717, 1.165) is 22.8 Å². The predicted octanol–water partition coefficient (Wildman–Crippen LogP) is 10.3. The lowest BCUT2D eigenvalue weighted by atomic mass is 9.70. The maximum Gasteiger partial charge on any atom is 0.0481 e. The summed E-state index contributed by atoms with van der Waals surface area (Å²) < 4.78 is 0. The van der Waals surface area contributed by atoms with Crippen LogP contribution in [0.15, 0.2) is 30.3 Å². The molecule has 0 bridgehead atoms. The molecule has 2 aliphatic rings. The van der Waals surface area contributed by atoms with Crippen LogP contribution in [0.1, 0.15) is 122 Å². The van der Waals surface area contributed by atoms with Gasteiger partial charge in [0.2, 0.25) is 0 Å². The molecule has 0 amide bonds. The van der Waals surface area contributed by atoms with E-state index in [1.54, 1.807) is 0 Å². The average molecular weight is 429 g/mol. The molecule has 1 aromatic carbocycles. The number of unbranched alkanes of at least 4 members (excludes halogenated alkanes) is 8. The fourth-order valence-electron chi connectivity index (χ4n) is 5.94. The van der Waals surface area contributed by atoms with Gasteiger partial charge in [-0.3, -0.25) is 0 Å². The van der Waals surface area contributed by atoms with Gasteiger partial charge in [-0.1, -0.05) is 120 Å². The van der Waals surface area contributed by atoms with Crippen molar-refractivity contribution in [1.82, 2.24) is 0 Å². The molecule has 0 aromatic heterocycles. The van der Waals surface area contributed by atoms with Crippen LogP contribution in [0.25, 0.3) is 5.57 Å². The van der Waals surface area contributed by atoms with Crippen LogP contribution >= 0.6 is 11.6 Å². The van der Waals surface area contributed by atoms with Gasteiger partial charge in [-0.15, -0.1) is 0 Å². The SMILES string of the molecule is CCCCCCCCCCCC1CCC(C2CC=C(c3ccccc3Cl)CC2)CC1. The second kappa shape index (κ2) is 13.6. The molecule has 0 N–H and O–H groups in total. The molecular formula is C29H45Cl. The topological polar surface area (TPSA) is 0 Å². The smallest absolute Gasteiger partial charge is 0.0481 e. The Hall–Kier alpha value is -0.750. The van der Waals surface area contributed by atoms with Gasteiger partial charge in [-0.05, 0) is 67.1 Å². The molecule has 0 saturated heterocycles. The summed E-state index contributed by atoms with van der Waals surface area (Å²) in [6, 6.07) is 8.36. The van der Waals surface area contributed by atoms with Crippen molar-refractivity contribution in [3.8, 4) is 0 Å². The van der Waals surface area contributed by atoms with Gasteiger partial charge < -0.3 is 0 Å². The molecule has 1 heteroatoms. The van der Waals surface area contributed by atoms with Crippen molar-refractivity contribution in [2.75, 3.05) is 0 Å². The molecule has 168 valence electrons. The Balaban J connectivity index is 1.27. The minimum Gasteiger partial charge on any atom is -0.0837 e. The first-order valence-corrected chi connectivity index (χ1v) is 13.6. The van der Waals surface area contributed by atoms with Crippen molar-refractivity contribution >= 4 is 17.2 Å². The summed E-state index contributed by atoms with van der Waals surface area (Å²) in [7, 11) is 0. The molecule has 1 unspecified atom stereocenters. The van der Waals surface area contributed by atoms with Gasteiger partial charge >= 0.3 is 0 Å². The molecule has 0 heterocycles. The maximum atomic E-state index is 6.41. The highest BCUT2D eigenvalue weighted by atomic mass is 35.5. The number of halogens is 1. The summed E-state index contributed by atoms with van der Waals surface area (Å²) in [4.78, 5) is 0. The van der Waals surface area contributed by atoms with Crippen LogP contribution in [0.5, 0.6) is 0 Å². The number of allylic oxidation sites excluding steroid dienone is 2. The highest BCUT2D eigenvalue weighted by molar-refractivity contribution is 6.32. The normalized spacial score (nSPS) is 24.6. The lowest BCUT2D eigenvalue weighted by molar-refractivity contribution is 0.187. The van der Waals surface area contributed by atoms with E-state index in [1.165, 1.54) is 120 Å². The molecule has 30 heavy (non-hydrogen) atoms. The van der Waals surface area contributed by atoms with E-state index in [9.17, 15) is 0 Å². The average Bonchev–Trinajstić information content (AvgIpc) is 2.79. The molecular weight excluding hydrogens is 384 g/mol. The van der Waals surface area contributed by atoms with Crippen molar-refractivity contribution in [3.63, 3.8) is 0 Å².